The first-order valence-electron chi connectivity index (χ1n) is 8.67. The Labute approximate surface area is 166 Å². The number of amides is 1. The number of aryl methyl sites for hydroxylation is 2. The Balaban J connectivity index is 1.45. The van der Waals surface area contributed by atoms with Gasteiger partial charge in [-0.25, -0.2) is 4.98 Å². The average molecular weight is 396 g/mol. The van der Waals surface area contributed by atoms with Gasteiger partial charge in [0.2, 0.25) is 5.91 Å². The molecule has 0 spiro atoms. The van der Waals surface area contributed by atoms with Crippen LogP contribution in [0.5, 0.6) is 0 Å². The molecule has 0 saturated heterocycles. The van der Waals surface area contributed by atoms with Crippen LogP contribution in [0.25, 0.3) is 16.2 Å². The number of hydrogen-bond acceptors (Lipinski definition) is 3. The van der Waals surface area contributed by atoms with Gasteiger partial charge in [-0.2, -0.15) is 0 Å². The zero-order chi connectivity index (χ0) is 18.8. The molecule has 0 aliphatic carbocycles. The second-order valence-corrected chi connectivity index (χ2v) is 7.63. The third kappa shape index (κ3) is 3.89. The van der Waals surface area contributed by atoms with Crippen LogP contribution in [-0.2, 0) is 11.2 Å². The molecule has 0 saturated carbocycles. The van der Waals surface area contributed by atoms with E-state index in [2.05, 4.69) is 20.1 Å². The van der Waals surface area contributed by atoms with Crippen molar-refractivity contribution in [2.75, 3.05) is 5.32 Å². The lowest BCUT2D eigenvalue weighted by atomic mass is 10.2. The fourth-order valence-electron chi connectivity index (χ4n) is 2.89. The van der Waals surface area contributed by atoms with E-state index in [-0.39, 0.29) is 5.91 Å². The maximum absolute atomic E-state index is 12.3. The van der Waals surface area contributed by atoms with Gasteiger partial charge in [-0.3, -0.25) is 9.20 Å². The molecule has 0 atom stereocenters. The highest BCUT2D eigenvalue weighted by molar-refractivity contribution is 7.15. The fraction of sp³-hybridized carbons (Fsp3) is 0.143. The first-order chi connectivity index (χ1) is 13.1. The van der Waals surface area contributed by atoms with E-state index in [4.69, 9.17) is 11.6 Å². The second kappa shape index (κ2) is 7.55. The Kier molecular flexibility index (Phi) is 4.97. The standard InChI is InChI=1S/C21H18ClN3OS/c1-14-7-8-16(11-18(14)22)23-20(26)10-9-17-13-27-21-24-19(12-25(17)21)15-5-3-2-4-6-15/h2-8,11-13H,9-10H2,1H3,(H,23,26). The summed E-state index contributed by atoms with van der Waals surface area (Å²) in [5.41, 5.74) is 4.84. The van der Waals surface area contributed by atoms with Gasteiger partial charge >= 0.3 is 0 Å². The van der Waals surface area contributed by atoms with Crippen molar-refractivity contribution >= 4 is 39.5 Å². The Morgan fingerprint density at radius 3 is 2.81 bits per heavy atom. The molecule has 0 aliphatic rings. The van der Waals surface area contributed by atoms with Gasteiger partial charge < -0.3 is 5.32 Å². The van der Waals surface area contributed by atoms with E-state index >= 15 is 0 Å². The number of carbonyl (C=O) groups excluding carboxylic acids is 1. The van der Waals surface area contributed by atoms with Crippen LogP contribution in [0.2, 0.25) is 5.02 Å². The van der Waals surface area contributed by atoms with Gasteiger partial charge in [-0.1, -0.05) is 48.0 Å². The molecule has 27 heavy (non-hydrogen) atoms. The number of thiazole rings is 1. The minimum absolute atomic E-state index is 0.0299. The summed E-state index contributed by atoms with van der Waals surface area (Å²) < 4.78 is 2.07. The van der Waals surface area contributed by atoms with E-state index in [1.807, 2.05) is 55.6 Å². The number of carbonyl (C=O) groups is 1. The summed E-state index contributed by atoms with van der Waals surface area (Å²) in [7, 11) is 0. The topological polar surface area (TPSA) is 46.4 Å². The van der Waals surface area contributed by atoms with Crippen LogP contribution in [0.1, 0.15) is 17.7 Å². The molecule has 4 aromatic rings. The predicted molar refractivity (Wildman–Crippen MR) is 112 cm³/mol. The zero-order valence-electron chi connectivity index (χ0n) is 14.8. The van der Waals surface area contributed by atoms with Crippen LogP contribution in [0.3, 0.4) is 0 Å². The number of anilines is 1. The van der Waals surface area contributed by atoms with Gasteiger partial charge in [-0.05, 0) is 31.0 Å². The lowest BCUT2D eigenvalue weighted by molar-refractivity contribution is -0.116. The van der Waals surface area contributed by atoms with Crippen molar-refractivity contribution in [1.29, 1.82) is 0 Å². The zero-order valence-corrected chi connectivity index (χ0v) is 16.3. The van der Waals surface area contributed by atoms with E-state index in [9.17, 15) is 4.79 Å². The van der Waals surface area contributed by atoms with Crippen LogP contribution in [0, 0.1) is 6.92 Å². The van der Waals surface area contributed by atoms with Crippen LogP contribution >= 0.6 is 22.9 Å². The van der Waals surface area contributed by atoms with Crippen molar-refractivity contribution in [2.45, 2.75) is 19.8 Å². The third-order valence-corrected chi connectivity index (χ3v) is 5.71. The molecule has 1 N–H and O–H groups in total. The van der Waals surface area contributed by atoms with Crippen LogP contribution in [0.4, 0.5) is 5.69 Å². The van der Waals surface area contributed by atoms with Crippen LogP contribution < -0.4 is 5.32 Å². The van der Waals surface area contributed by atoms with Crippen LogP contribution in [0.15, 0.2) is 60.1 Å². The second-order valence-electron chi connectivity index (χ2n) is 6.38. The number of fused-ring (bicyclic) bond motifs is 1. The maximum Gasteiger partial charge on any atom is 0.224 e. The largest absolute Gasteiger partial charge is 0.326 e. The van der Waals surface area contributed by atoms with Gasteiger partial charge in [0.1, 0.15) is 0 Å². The minimum Gasteiger partial charge on any atom is -0.326 e. The molecule has 0 aliphatic heterocycles. The predicted octanol–water partition coefficient (Wildman–Crippen LogP) is 5.60. The van der Waals surface area contributed by atoms with Crippen molar-refractivity contribution in [3.63, 3.8) is 0 Å². The lowest BCUT2D eigenvalue weighted by Gasteiger charge is -2.06. The number of rotatable bonds is 5. The Hall–Kier alpha value is -2.63. The Morgan fingerprint density at radius 1 is 1.22 bits per heavy atom. The monoisotopic (exact) mass is 395 g/mol. The van der Waals surface area contributed by atoms with Gasteiger partial charge in [0, 0.05) is 40.0 Å². The molecular formula is C21H18ClN3OS. The van der Waals surface area contributed by atoms with Crippen molar-refractivity contribution < 1.29 is 4.79 Å². The quantitative estimate of drug-likeness (QED) is 0.478. The van der Waals surface area contributed by atoms with Crippen molar-refractivity contribution in [2.24, 2.45) is 0 Å². The van der Waals surface area contributed by atoms with Gasteiger partial charge in [0.15, 0.2) is 4.96 Å². The SMILES string of the molecule is Cc1ccc(NC(=O)CCc2csc3nc(-c4ccccc4)cn23)cc1Cl. The summed E-state index contributed by atoms with van der Waals surface area (Å²) in [6.07, 6.45) is 3.08. The Morgan fingerprint density at radius 2 is 2.04 bits per heavy atom. The van der Waals surface area contributed by atoms with E-state index < -0.39 is 0 Å². The van der Waals surface area contributed by atoms with Gasteiger partial charge in [0.25, 0.3) is 0 Å². The summed E-state index contributed by atoms with van der Waals surface area (Å²) in [5.74, 6) is -0.0299. The highest BCUT2D eigenvalue weighted by Gasteiger charge is 2.11. The van der Waals surface area contributed by atoms with E-state index in [0.717, 1.165) is 33.2 Å². The molecule has 0 radical (unpaired) electrons. The normalized spacial score (nSPS) is 11.0. The summed E-state index contributed by atoms with van der Waals surface area (Å²) >= 11 is 7.70. The summed E-state index contributed by atoms with van der Waals surface area (Å²) in [4.78, 5) is 17.9. The van der Waals surface area contributed by atoms with E-state index in [1.165, 1.54) is 0 Å². The first kappa shape index (κ1) is 17.8. The number of nitrogens with one attached hydrogen (secondary N) is 1. The molecule has 0 bridgehead atoms. The number of aromatic nitrogens is 2. The number of nitrogens with zero attached hydrogens (tertiary/aromatic N) is 2. The minimum atomic E-state index is -0.0299. The molecule has 2 aromatic heterocycles. The summed E-state index contributed by atoms with van der Waals surface area (Å²) in [6.45, 7) is 1.94. The lowest BCUT2D eigenvalue weighted by Crippen LogP contribution is -2.12. The molecular weight excluding hydrogens is 378 g/mol. The van der Waals surface area contributed by atoms with Crippen molar-refractivity contribution in [1.82, 2.24) is 9.38 Å². The Bertz CT molecular complexity index is 1100. The number of imidazole rings is 1. The molecule has 4 rings (SSSR count). The molecule has 0 unspecified atom stereocenters. The molecule has 2 heterocycles. The van der Waals surface area contributed by atoms with Crippen molar-refractivity contribution in [3.05, 3.63) is 76.4 Å². The fourth-order valence-corrected chi connectivity index (χ4v) is 3.98. The molecule has 1 amide bonds. The number of halogens is 1. The molecule has 136 valence electrons. The molecule has 6 heteroatoms. The van der Waals surface area contributed by atoms with E-state index in [1.54, 1.807) is 17.4 Å². The van der Waals surface area contributed by atoms with E-state index in [0.29, 0.717) is 17.9 Å². The number of hydrogen-bond donors (Lipinski definition) is 1. The van der Waals surface area contributed by atoms with Gasteiger partial charge in [-0.15, -0.1) is 11.3 Å². The number of benzene rings is 2. The summed E-state index contributed by atoms with van der Waals surface area (Å²) in [5, 5.41) is 5.62. The average Bonchev–Trinajstić information content (AvgIpc) is 3.25. The van der Waals surface area contributed by atoms with Crippen LogP contribution in [-0.4, -0.2) is 15.3 Å². The molecule has 2 aromatic carbocycles. The first-order valence-corrected chi connectivity index (χ1v) is 9.93. The molecule has 4 nitrogen and oxygen atoms in total. The third-order valence-electron chi connectivity index (χ3n) is 4.42. The maximum atomic E-state index is 12.3. The van der Waals surface area contributed by atoms with Crippen molar-refractivity contribution in [3.8, 4) is 11.3 Å². The highest BCUT2D eigenvalue weighted by Crippen LogP contribution is 2.24. The smallest absolute Gasteiger partial charge is 0.224 e. The molecule has 0 fully saturated rings. The highest BCUT2D eigenvalue weighted by atomic mass is 35.5. The van der Waals surface area contributed by atoms with Gasteiger partial charge in [0.05, 0.1) is 5.69 Å². The summed E-state index contributed by atoms with van der Waals surface area (Å²) in [6, 6.07) is 15.6.